The summed E-state index contributed by atoms with van der Waals surface area (Å²) in [4.78, 5) is 15.7. The summed E-state index contributed by atoms with van der Waals surface area (Å²) in [5.74, 6) is 0.198. The highest BCUT2D eigenvalue weighted by Gasteiger charge is 2.15. The van der Waals surface area contributed by atoms with E-state index in [0.29, 0.717) is 22.8 Å². The van der Waals surface area contributed by atoms with Crippen molar-refractivity contribution in [2.75, 3.05) is 13.3 Å². The van der Waals surface area contributed by atoms with Gasteiger partial charge in [0, 0.05) is 12.3 Å². The first kappa shape index (κ1) is 14.0. The number of aromatic nitrogens is 3. The van der Waals surface area contributed by atoms with Crippen LogP contribution in [0.1, 0.15) is 10.4 Å². The SMILES string of the molecule is NC(=O)c1[c]ccn2nc(-c3ccccc3OCCF)nc12. The number of halogens is 1. The van der Waals surface area contributed by atoms with Crippen LogP contribution in [-0.2, 0) is 0 Å². The van der Waals surface area contributed by atoms with Gasteiger partial charge in [0.2, 0.25) is 0 Å². The van der Waals surface area contributed by atoms with Crippen LogP contribution in [0, 0.1) is 6.07 Å². The standard InChI is InChI=1S/C15H12FN4O2/c16-7-9-22-12-6-2-1-4-10(12)14-18-15-11(13(17)21)5-3-8-20(15)19-14/h1-4,6,8H,7,9H2,(H2,17,21). The third-order valence-electron chi connectivity index (χ3n) is 3.01. The van der Waals surface area contributed by atoms with E-state index in [2.05, 4.69) is 16.1 Å². The molecule has 1 radical (unpaired) electrons. The molecule has 2 heterocycles. The zero-order valence-corrected chi connectivity index (χ0v) is 11.5. The normalized spacial score (nSPS) is 10.8. The van der Waals surface area contributed by atoms with Crippen LogP contribution in [0.4, 0.5) is 4.39 Å². The molecule has 0 bridgehead atoms. The maximum atomic E-state index is 12.3. The molecular formula is C15H12FN4O2. The van der Waals surface area contributed by atoms with Gasteiger partial charge in [0.15, 0.2) is 11.5 Å². The summed E-state index contributed by atoms with van der Waals surface area (Å²) in [6.07, 6.45) is 1.61. The van der Waals surface area contributed by atoms with Gasteiger partial charge in [0.05, 0.1) is 11.1 Å². The first-order valence-electron chi connectivity index (χ1n) is 6.55. The number of rotatable bonds is 5. The molecule has 0 saturated heterocycles. The number of para-hydroxylation sites is 1. The highest BCUT2D eigenvalue weighted by Crippen LogP contribution is 2.28. The van der Waals surface area contributed by atoms with E-state index in [-0.39, 0.29) is 12.2 Å². The van der Waals surface area contributed by atoms with Crippen molar-refractivity contribution in [2.45, 2.75) is 0 Å². The fraction of sp³-hybridized carbons (Fsp3) is 0.133. The van der Waals surface area contributed by atoms with Crippen molar-refractivity contribution in [3.8, 4) is 17.1 Å². The average molecular weight is 299 g/mol. The third-order valence-corrected chi connectivity index (χ3v) is 3.01. The molecule has 2 N–H and O–H groups in total. The number of nitrogens with zero attached hydrogens (tertiary/aromatic N) is 3. The van der Waals surface area contributed by atoms with E-state index in [1.807, 2.05) is 0 Å². The molecule has 0 aliphatic heterocycles. The van der Waals surface area contributed by atoms with Crippen molar-refractivity contribution in [1.29, 1.82) is 0 Å². The van der Waals surface area contributed by atoms with Crippen LogP contribution < -0.4 is 10.5 Å². The number of ether oxygens (including phenoxy) is 1. The lowest BCUT2D eigenvalue weighted by molar-refractivity contribution is 0.100. The molecule has 6 nitrogen and oxygen atoms in total. The number of benzene rings is 1. The minimum Gasteiger partial charge on any atom is -0.490 e. The van der Waals surface area contributed by atoms with E-state index in [0.717, 1.165) is 0 Å². The Kier molecular flexibility index (Phi) is 3.69. The van der Waals surface area contributed by atoms with E-state index in [1.54, 1.807) is 30.5 Å². The Labute approximate surface area is 125 Å². The Bertz CT molecular complexity index is 831. The highest BCUT2D eigenvalue weighted by atomic mass is 19.1. The Balaban J connectivity index is 2.11. The van der Waals surface area contributed by atoms with Crippen LogP contribution in [-0.4, -0.2) is 33.8 Å². The van der Waals surface area contributed by atoms with Crippen molar-refractivity contribution in [3.05, 3.63) is 48.2 Å². The third kappa shape index (κ3) is 2.48. The van der Waals surface area contributed by atoms with Gasteiger partial charge in [0.1, 0.15) is 19.0 Å². The predicted molar refractivity (Wildman–Crippen MR) is 77.2 cm³/mol. The molecule has 111 valence electrons. The molecule has 0 aliphatic rings. The van der Waals surface area contributed by atoms with Gasteiger partial charge < -0.3 is 10.5 Å². The molecule has 0 atom stereocenters. The quantitative estimate of drug-likeness (QED) is 0.776. The number of fused-ring (bicyclic) bond motifs is 1. The summed E-state index contributed by atoms with van der Waals surface area (Å²) in [5, 5.41) is 4.30. The van der Waals surface area contributed by atoms with E-state index in [9.17, 15) is 9.18 Å². The number of carbonyl (C=O) groups excluding carboxylic acids is 1. The predicted octanol–water partition coefficient (Wildman–Crippen LogP) is 1.64. The maximum absolute atomic E-state index is 12.3. The Hall–Kier alpha value is -2.96. The molecule has 1 aromatic carbocycles. The van der Waals surface area contributed by atoms with Gasteiger partial charge in [-0.2, -0.15) is 0 Å². The molecule has 0 saturated carbocycles. The monoisotopic (exact) mass is 299 g/mol. The first-order chi connectivity index (χ1) is 10.7. The van der Waals surface area contributed by atoms with Crippen molar-refractivity contribution in [1.82, 2.24) is 14.6 Å². The van der Waals surface area contributed by atoms with Gasteiger partial charge in [-0.05, 0) is 18.2 Å². The molecule has 0 unspecified atom stereocenters. The number of nitrogens with two attached hydrogens (primary N) is 1. The number of pyridine rings is 1. The second kappa shape index (κ2) is 5.80. The van der Waals surface area contributed by atoms with Crippen molar-refractivity contribution in [3.63, 3.8) is 0 Å². The van der Waals surface area contributed by atoms with Crippen molar-refractivity contribution in [2.24, 2.45) is 5.73 Å². The summed E-state index contributed by atoms with van der Waals surface area (Å²) in [7, 11) is 0. The van der Waals surface area contributed by atoms with Crippen molar-refractivity contribution >= 4 is 11.6 Å². The van der Waals surface area contributed by atoms with E-state index >= 15 is 0 Å². The number of hydrogen-bond acceptors (Lipinski definition) is 4. The second-order valence-electron chi connectivity index (χ2n) is 4.44. The molecule has 0 aliphatic carbocycles. The van der Waals surface area contributed by atoms with Crippen LogP contribution >= 0.6 is 0 Å². The largest absolute Gasteiger partial charge is 0.490 e. The van der Waals surface area contributed by atoms with E-state index < -0.39 is 12.6 Å². The van der Waals surface area contributed by atoms with Gasteiger partial charge in [-0.15, -0.1) is 5.10 Å². The maximum Gasteiger partial charge on any atom is 0.253 e. The van der Waals surface area contributed by atoms with E-state index in [1.165, 1.54) is 10.6 Å². The number of carbonyl (C=O) groups is 1. The van der Waals surface area contributed by atoms with Crippen LogP contribution in [0.15, 0.2) is 36.5 Å². The number of hydrogen-bond donors (Lipinski definition) is 1. The minimum atomic E-state index is -0.633. The van der Waals surface area contributed by atoms with Crippen LogP contribution in [0.3, 0.4) is 0 Å². The van der Waals surface area contributed by atoms with Crippen LogP contribution in [0.2, 0.25) is 0 Å². The lowest BCUT2D eigenvalue weighted by Gasteiger charge is -2.07. The van der Waals surface area contributed by atoms with Crippen molar-refractivity contribution < 1.29 is 13.9 Å². The van der Waals surface area contributed by atoms with Gasteiger partial charge in [0.25, 0.3) is 5.91 Å². The van der Waals surface area contributed by atoms with E-state index in [4.69, 9.17) is 10.5 Å². The summed E-state index contributed by atoms with van der Waals surface area (Å²) >= 11 is 0. The summed E-state index contributed by atoms with van der Waals surface area (Å²) in [5.41, 5.74) is 6.38. The number of alkyl halides is 1. The Morgan fingerprint density at radius 1 is 1.41 bits per heavy atom. The Morgan fingerprint density at radius 2 is 2.23 bits per heavy atom. The smallest absolute Gasteiger partial charge is 0.253 e. The lowest BCUT2D eigenvalue weighted by atomic mass is 10.2. The topological polar surface area (TPSA) is 82.5 Å². The second-order valence-corrected chi connectivity index (χ2v) is 4.44. The lowest BCUT2D eigenvalue weighted by Crippen LogP contribution is -2.12. The van der Waals surface area contributed by atoms with Crippen LogP contribution in [0.5, 0.6) is 5.75 Å². The van der Waals surface area contributed by atoms with Gasteiger partial charge in [-0.1, -0.05) is 12.1 Å². The van der Waals surface area contributed by atoms with Gasteiger partial charge >= 0.3 is 0 Å². The number of primary amides is 1. The average Bonchev–Trinajstić information content (AvgIpc) is 2.96. The fourth-order valence-electron chi connectivity index (χ4n) is 2.07. The molecule has 22 heavy (non-hydrogen) atoms. The fourth-order valence-corrected chi connectivity index (χ4v) is 2.07. The molecule has 7 heteroatoms. The van der Waals surface area contributed by atoms with Crippen LogP contribution in [0.25, 0.3) is 17.0 Å². The molecule has 0 fully saturated rings. The molecular weight excluding hydrogens is 287 g/mol. The molecule has 2 aromatic heterocycles. The minimum absolute atomic E-state index is 0.0509. The summed E-state index contributed by atoms with van der Waals surface area (Å²) in [6, 6.07) is 11.3. The summed E-state index contributed by atoms with van der Waals surface area (Å²) < 4.78 is 19.1. The van der Waals surface area contributed by atoms with Gasteiger partial charge in [-0.25, -0.2) is 13.9 Å². The molecule has 1 amide bonds. The molecule has 3 aromatic rings. The zero-order valence-electron chi connectivity index (χ0n) is 11.5. The molecule has 3 rings (SSSR count). The summed E-state index contributed by atoms with van der Waals surface area (Å²) in [6.45, 7) is -0.640. The van der Waals surface area contributed by atoms with Gasteiger partial charge in [-0.3, -0.25) is 4.79 Å². The molecule has 0 spiro atoms. The first-order valence-corrected chi connectivity index (χ1v) is 6.55. The zero-order chi connectivity index (χ0) is 15.5. The highest BCUT2D eigenvalue weighted by molar-refractivity contribution is 5.98. The number of amides is 1. The Morgan fingerprint density at radius 3 is 3.00 bits per heavy atom.